The Hall–Kier alpha value is -1.96. The van der Waals surface area contributed by atoms with Gasteiger partial charge in [0.15, 0.2) is 5.15 Å². The van der Waals surface area contributed by atoms with Crippen LogP contribution in [0.3, 0.4) is 0 Å². The molecule has 120 valence electrons. The Labute approximate surface area is 143 Å². The van der Waals surface area contributed by atoms with Gasteiger partial charge < -0.3 is 9.90 Å². The quantitative estimate of drug-likeness (QED) is 0.503. The van der Waals surface area contributed by atoms with E-state index in [0.717, 1.165) is 18.3 Å². The van der Waals surface area contributed by atoms with Gasteiger partial charge in [0.05, 0.1) is 28.5 Å². The third-order valence-electron chi connectivity index (χ3n) is 2.60. The molecule has 0 saturated carbocycles. The van der Waals surface area contributed by atoms with Gasteiger partial charge in [0.2, 0.25) is 0 Å². The van der Waals surface area contributed by atoms with E-state index in [2.05, 4.69) is 15.5 Å². The zero-order valence-corrected chi connectivity index (χ0v) is 13.2. The second kappa shape index (κ2) is 7.08. The van der Waals surface area contributed by atoms with Crippen molar-refractivity contribution in [2.75, 3.05) is 5.43 Å². The molecule has 0 unspecified atom stereocenters. The molecule has 1 N–H and O–H groups in total. The zero-order valence-electron chi connectivity index (χ0n) is 10.9. The molecule has 0 aliphatic rings. The molecule has 0 aliphatic heterocycles. The van der Waals surface area contributed by atoms with Crippen molar-refractivity contribution in [2.24, 2.45) is 5.10 Å². The first-order chi connectivity index (χ1) is 10.8. The van der Waals surface area contributed by atoms with Crippen LogP contribution >= 0.6 is 34.8 Å². The Balaban J connectivity index is 2.37. The highest BCUT2D eigenvalue weighted by molar-refractivity contribution is 6.46. The van der Waals surface area contributed by atoms with Crippen molar-refractivity contribution in [2.45, 2.75) is 0 Å². The third kappa shape index (κ3) is 3.69. The summed E-state index contributed by atoms with van der Waals surface area (Å²) in [5, 5.41) is 13.5. The number of hydrazone groups is 1. The number of nitrogens with zero attached hydrogens (tertiary/aromatic N) is 2. The number of hydrogen-bond donors (Lipinski definition) is 1. The normalized spacial score (nSPS) is 11.0. The molecule has 1 aromatic heterocycles. The summed E-state index contributed by atoms with van der Waals surface area (Å²) < 4.78 is 26.9. The molecule has 0 amide bonds. The number of aromatic nitrogens is 1. The van der Waals surface area contributed by atoms with E-state index >= 15 is 0 Å². The number of aromatic carboxylic acids is 1. The predicted molar refractivity (Wildman–Crippen MR) is 81.2 cm³/mol. The van der Waals surface area contributed by atoms with Crippen molar-refractivity contribution in [1.29, 1.82) is 0 Å². The number of carbonyl (C=O) groups excluding carboxylic acids is 1. The van der Waals surface area contributed by atoms with Crippen molar-refractivity contribution in [1.82, 2.24) is 4.98 Å². The predicted octanol–water partition coefficient (Wildman–Crippen LogP) is 3.13. The molecule has 0 atom stereocenters. The van der Waals surface area contributed by atoms with Crippen LogP contribution in [0.25, 0.3) is 0 Å². The number of benzene rings is 1. The third-order valence-corrected chi connectivity index (χ3v) is 3.71. The summed E-state index contributed by atoms with van der Waals surface area (Å²) >= 11 is 17.3. The highest BCUT2D eigenvalue weighted by atomic mass is 35.5. The van der Waals surface area contributed by atoms with Crippen LogP contribution in [0.2, 0.25) is 15.2 Å². The van der Waals surface area contributed by atoms with Gasteiger partial charge in [0, 0.05) is 0 Å². The molecular weight excluding hydrogens is 375 g/mol. The van der Waals surface area contributed by atoms with Gasteiger partial charge in [-0.2, -0.15) is 5.10 Å². The van der Waals surface area contributed by atoms with E-state index in [4.69, 9.17) is 34.8 Å². The molecule has 2 rings (SSSR count). The summed E-state index contributed by atoms with van der Waals surface area (Å²) in [5.41, 5.74) is 1.02. The molecule has 0 aliphatic carbocycles. The number of pyridine rings is 1. The fourth-order valence-electron chi connectivity index (χ4n) is 1.54. The lowest BCUT2D eigenvalue weighted by atomic mass is 10.2. The van der Waals surface area contributed by atoms with E-state index in [1.807, 2.05) is 0 Å². The van der Waals surface area contributed by atoms with Gasteiger partial charge >= 0.3 is 0 Å². The maximum atomic E-state index is 13.4. The number of anilines is 1. The van der Waals surface area contributed by atoms with Crippen molar-refractivity contribution < 1.29 is 18.7 Å². The van der Waals surface area contributed by atoms with Crippen LogP contribution in [-0.2, 0) is 0 Å². The van der Waals surface area contributed by atoms with Crippen molar-refractivity contribution >= 4 is 52.7 Å². The van der Waals surface area contributed by atoms with Gasteiger partial charge in [0.25, 0.3) is 0 Å². The minimum atomic E-state index is -1.68. The second-order valence-corrected chi connectivity index (χ2v) is 5.16. The molecule has 0 spiro atoms. The summed E-state index contributed by atoms with van der Waals surface area (Å²) in [6.07, 6.45) is 0.838. The fourth-order valence-corrected chi connectivity index (χ4v) is 2.21. The summed E-state index contributed by atoms with van der Waals surface area (Å²) in [7, 11) is 0. The topological polar surface area (TPSA) is 77.4 Å². The van der Waals surface area contributed by atoms with Crippen molar-refractivity contribution in [3.63, 3.8) is 0 Å². The van der Waals surface area contributed by atoms with Crippen molar-refractivity contribution in [3.8, 4) is 0 Å². The van der Waals surface area contributed by atoms with E-state index < -0.39 is 33.9 Å². The van der Waals surface area contributed by atoms with Gasteiger partial charge in [-0.3, -0.25) is 5.43 Å². The van der Waals surface area contributed by atoms with Crippen LogP contribution in [0.15, 0.2) is 23.3 Å². The lowest BCUT2D eigenvalue weighted by Crippen LogP contribution is -2.24. The highest BCUT2D eigenvalue weighted by Gasteiger charge is 2.17. The number of rotatable bonds is 4. The molecule has 5 nitrogen and oxygen atoms in total. The lowest BCUT2D eigenvalue weighted by molar-refractivity contribution is -0.255. The van der Waals surface area contributed by atoms with Crippen LogP contribution in [0.5, 0.6) is 0 Å². The average Bonchev–Trinajstić information content (AvgIpc) is 2.48. The molecule has 0 fully saturated rings. The Morgan fingerprint density at radius 1 is 1.22 bits per heavy atom. The van der Waals surface area contributed by atoms with Crippen LogP contribution in [0, 0.1) is 11.6 Å². The van der Waals surface area contributed by atoms with Crippen molar-refractivity contribution in [3.05, 3.63) is 56.3 Å². The molecular formula is C13H5Cl3F2N3O2-. The minimum absolute atomic E-state index is 0.194. The first kappa shape index (κ1) is 17.4. The van der Waals surface area contributed by atoms with Gasteiger partial charge in [-0.25, -0.2) is 13.8 Å². The molecule has 2 aromatic rings. The number of carboxylic acids is 1. The van der Waals surface area contributed by atoms with E-state index in [1.54, 1.807) is 0 Å². The van der Waals surface area contributed by atoms with Crippen LogP contribution in [0.1, 0.15) is 16.1 Å². The Morgan fingerprint density at radius 2 is 1.83 bits per heavy atom. The summed E-state index contributed by atoms with van der Waals surface area (Å²) in [4.78, 5) is 14.4. The summed E-state index contributed by atoms with van der Waals surface area (Å²) in [6, 6.07) is 3.28. The Morgan fingerprint density at radius 3 is 2.39 bits per heavy atom. The Bertz CT molecular complexity index is 795. The fraction of sp³-hybridized carbons (Fsp3) is 0. The smallest absolute Gasteiger partial charge is 0.150 e. The molecule has 0 bridgehead atoms. The SMILES string of the molecule is O=C([O-])c1nc(Cl)c(Cl)c(N/N=C\c2c(F)cccc2F)c1Cl. The molecule has 23 heavy (non-hydrogen) atoms. The molecule has 0 saturated heterocycles. The number of nitrogens with one attached hydrogen (secondary N) is 1. The van der Waals surface area contributed by atoms with E-state index in [-0.39, 0.29) is 15.9 Å². The highest BCUT2D eigenvalue weighted by Crippen LogP contribution is 2.36. The molecule has 10 heteroatoms. The van der Waals surface area contributed by atoms with E-state index in [9.17, 15) is 18.7 Å². The van der Waals surface area contributed by atoms with Gasteiger partial charge in [-0.15, -0.1) is 0 Å². The van der Waals surface area contributed by atoms with Gasteiger partial charge in [-0.05, 0) is 12.1 Å². The number of hydrogen-bond acceptors (Lipinski definition) is 5. The number of carboxylic acid groups (broad SMARTS) is 1. The minimum Gasteiger partial charge on any atom is -0.543 e. The molecule has 1 heterocycles. The summed E-state index contributed by atoms with van der Waals surface area (Å²) in [6.45, 7) is 0. The van der Waals surface area contributed by atoms with Gasteiger partial charge in [0.1, 0.15) is 22.4 Å². The first-order valence-electron chi connectivity index (χ1n) is 5.81. The maximum Gasteiger partial charge on any atom is 0.150 e. The number of halogens is 5. The first-order valence-corrected chi connectivity index (χ1v) is 6.95. The van der Waals surface area contributed by atoms with Crippen LogP contribution in [-0.4, -0.2) is 17.2 Å². The molecule has 0 radical (unpaired) electrons. The average molecular weight is 380 g/mol. The largest absolute Gasteiger partial charge is 0.543 e. The lowest BCUT2D eigenvalue weighted by Gasteiger charge is -2.12. The van der Waals surface area contributed by atoms with Crippen LogP contribution in [0.4, 0.5) is 14.5 Å². The standard InChI is InChI=1S/C13H6Cl3F2N3O2/c14-8-10(9(15)12(16)20-11(8)13(22)23)21-19-4-5-6(17)2-1-3-7(5)18/h1-4H,(H,20,21)(H,22,23)/p-1/b19-4-. The Kier molecular flexibility index (Phi) is 5.35. The van der Waals surface area contributed by atoms with Gasteiger partial charge in [-0.1, -0.05) is 40.9 Å². The van der Waals surface area contributed by atoms with E-state index in [1.165, 1.54) is 6.07 Å². The zero-order chi connectivity index (χ0) is 17.1. The van der Waals surface area contributed by atoms with Crippen LogP contribution < -0.4 is 10.5 Å². The van der Waals surface area contributed by atoms with E-state index in [0.29, 0.717) is 0 Å². The number of carbonyl (C=O) groups is 1. The monoisotopic (exact) mass is 378 g/mol. The summed E-state index contributed by atoms with van der Waals surface area (Å²) in [5.74, 6) is -3.35. The molecule has 1 aromatic carbocycles. The second-order valence-electron chi connectivity index (χ2n) is 4.05. The maximum absolute atomic E-state index is 13.4.